The summed E-state index contributed by atoms with van der Waals surface area (Å²) in [5.41, 5.74) is -2.66. The van der Waals surface area contributed by atoms with Crippen molar-refractivity contribution in [3.63, 3.8) is 0 Å². The summed E-state index contributed by atoms with van der Waals surface area (Å²) in [6.45, 7) is 12.2. The second-order valence-electron chi connectivity index (χ2n) is 15.1. The predicted molar refractivity (Wildman–Crippen MR) is 138 cm³/mol. The van der Waals surface area contributed by atoms with Gasteiger partial charge in [0.05, 0.1) is 30.3 Å². The van der Waals surface area contributed by atoms with Crippen LogP contribution in [0.25, 0.3) is 0 Å². The van der Waals surface area contributed by atoms with E-state index in [1.165, 1.54) is 0 Å². The van der Waals surface area contributed by atoms with Gasteiger partial charge < -0.3 is 30.6 Å². The smallest absolute Gasteiger partial charge is 0.310 e. The molecule has 6 N–H and O–H groups in total. The number of carboxylic acid groups (broad SMARTS) is 1. The Morgan fingerprint density at radius 2 is 1.49 bits per heavy atom. The molecule has 210 valence electrons. The molecule has 0 heterocycles. The Morgan fingerprint density at radius 1 is 0.865 bits per heavy atom. The molecule has 37 heavy (non-hydrogen) atoms. The van der Waals surface area contributed by atoms with Gasteiger partial charge in [0.1, 0.15) is 6.10 Å². The van der Waals surface area contributed by atoms with Crippen molar-refractivity contribution in [1.82, 2.24) is 0 Å². The van der Waals surface area contributed by atoms with Crippen LogP contribution in [0.1, 0.15) is 86.5 Å². The van der Waals surface area contributed by atoms with Gasteiger partial charge in [0.15, 0.2) is 0 Å². The van der Waals surface area contributed by atoms with Gasteiger partial charge in [-0.2, -0.15) is 0 Å². The van der Waals surface area contributed by atoms with E-state index in [-0.39, 0.29) is 34.7 Å². The first-order chi connectivity index (χ1) is 17.0. The van der Waals surface area contributed by atoms with Crippen LogP contribution in [0.4, 0.5) is 0 Å². The van der Waals surface area contributed by atoms with Crippen molar-refractivity contribution in [2.24, 2.45) is 50.2 Å². The maximum Gasteiger partial charge on any atom is 0.310 e. The van der Waals surface area contributed by atoms with Crippen molar-refractivity contribution in [1.29, 1.82) is 0 Å². The SMILES string of the molecule is CC1(C)CCC2(C(=O)O)CCC3(C)C(=CCC4C5(C)C(O)C(O)C(O)C(C)(CO)C5CCC43C)C2C1O. The normalized spacial score (nSPS) is 56.7. The van der Waals surface area contributed by atoms with Crippen LogP contribution in [0.5, 0.6) is 0 Å². The molecule has 12 unspecified atom stereocenters. The Labute approximate surface area is 221 Å². The highest BCUT2D eigenvalue weighted by Crippen LogP contribution is 2.75. The summed E-state index contributed by atoms with van der Waals surface area (Å²) in [6.07, 6.45) is 2.24. The molecular weight excluding hydrogens is 472 g/mol. The minimum Gasteiger partial charge on any atom is -0.481 e. The number of carboxylic acids is 1. The van der Waals surface area contributed by atoms with Gasteiger partial charge >= 0.3 is 5.97 Å². The highest BCUT2D eigenvalue weighted by Gasteiger charge is 2.73. The summed E-state index contributed by atoms with van der Waals surface area (Å²) in [7, 11) is 0. The van der Waals surface area contributed by atoms with E-state index in [2.05, 4.69) is 19.9 Å². The minimum absolute atomic E-state index is 0.0402. The van der Waals surface area contributed by atoms with Crippen molar-refractivity contribution in [2.45, 2.75) is 111 Å². The summed E-state index contributed by atoms with van der Waals surface area (Å²) in [5.74, 6) is -1.49. The third kappa shape index (κ3) is 3.04. The Hall–Kier alpha value is -0.990. The van der Waals surface area contributed by atoms with Gasteiger partial charge in [-0.25, -0.2) is 0 Å². The van der Waals surface area contributed by atoms with Crippen molar-refractivity contribution in [3.8, 4) is 0 Å². The summed E-state index contributed by atoms with van der Waals surface area (Å²) < 4.78 is 0. The third-order valence-electron chi connectivity index (χ3n) is 13.6. The van der Waals surface area contributed by atoms with Crippen LogP contribution in [-0.2, 0) is 4.79 Å². The summed E-state index contributed by atoms with van der Waals surface area (Å²) in [4.78, 5) is 12.8. The Balaban J connectivity index is 1.66. The van der Waals surface area contributed by atoms with E-state index in [9.17, 15) is 35.4 Å². The molecule has 0 aromatic rings. The lowest BCUT2D eigenvalue weighted by molar-refractivity contribution is -0.288. The molecule has 5 aliphatic rings. The number of fused-ring (bicyclic) bond motifs is 7. The van der Waals surface area contributed by atoms with Gasteiger partial charge in [-0.15, -0.1) is 0 Å². The predicted octanol–water partition coefficient (Wildman–Crippen LogP) is 3.12. The average molecular weight is 521 g/mol. The molecule has 7 nitrogen and oxygen atoms in total. The zero-order valence-electron chi connectivity index (χ0n) is 23.4. The first-order valence-corrected chi connectivity index (χ1v) is 14.3. The molecule has 4 fully saturated rings. The second kappa shape index (κ2) is 8.03. The van der Waals surface area contributed by atoms with Crippen molar-refractivity contribution in [3.05, 3.63) is 11.6 Å². The number of hydrogen-bond donors (Lipinski definition) is 6. The lowest BCUT2D eigenvalue weighted by Gasteiger charge is -2.72. The lowest BCUT2D eigenvalue weighted by atomic mass is 9.32. The zero-order valence-corrected chi connectivity index (χ0v) is 23.4. The van der Waals surface area contributed by atoms with E-state index in [1.807, 2.05) is 27.7 Å². The molecule has 7 heteroatoms. The minimum atomic E-state index is -1.36. The van der Waals surface area contributed by atoms with Gasteiger partial charge in [-0.1, -0.05) is 53.2 Å². The third-order valence-corrected chi connectivity index (χ3v) is 13.6. The number of aliphatic hydroxyl groups excluding tert-OH is 5. The number of aliphatic carboxylic acids is 1. The number of carbonyl (C=O) groups is 1. The maximum atomic E-state index is 12.8. The van der Waals surface area contributed by atoms with Crippen LogP contribution >= 0.6 is 0 Å². The van der Waals surface area contributed by atoms with E-state index >= 15 is 0 Å². The number of hydrogen-bond acceptors (Lipinski definition) is 6. The molecule has 0 radical (unpaired) electrons. The highest BCUT2D eigenvalue weighted by atomic mass is 16.4. The molecule has 0 saturated heterocycles. The zero-order chi connectivity index (χ0) is 27.6. The van der Waals surface area contributed by atoms with Gasteiger partial charge in [0.2, 0.25) is 0 Å². The second-order valence-corrected chi connectivity index (χ2v) is 15.1. The number of allylic oxidation sites excluding steroid dienone is 1. The standard InChI is InChI=1S/C30H48O7/c1-25(2)11-13-30(24(36)37)14-12-27(4)16(19(30)21(25)33)7-8-18-28(27,5)10-9-17-26(3,15-31)22(34)20(32)23(35)29(17,18)6/h7,17-23,31-35H,8-15H2,1-6H3,(H,36,37). The molecule has 0 aromatic heterocycles. The van der Waals surface area contributed by atoms with E-state index in [1.54, 1.807) is 0 Å². The number of rotatable bonds is 2. The fourth-order valence-corrected chi connectivity index (χ4v) is 10.7. The van der Waals surface area contributed by atoms with E-state index < -0.39 is 52.5 Å². The fourth-order valence-electron chi connectivity index (χ4n) is 10.7. The van der Waals surface area contributed by atoms with E-state index in [0.29, 0.717) is 38.5 Å². The van der Waals surface area contributed by atoms with Gasteiger partial charge in [-0.05, 0) is 73.0 Å². The average Bonchev–Trinajstić information content (AvgIpc) is 2.84. The first kappa shape index (κ1) is 27.6. The van der Waals surface area contributed by atoms with Gasteiger partial charge in [0, 0.05) is 16.7 Å². The Morgan fingerprint density at radius 3 is 2.08 bits per heavy atom. The molecule has 5 aliphatic carbocycles. The van der Waals surface area contributed by atoms with Crippen LogP contribution in [-0.4, -0.2) is 67.6 Å². The molecule has 0 amide bonds. The quantitative estimate of drug-likeness (QED) is 0.308. The van der Waals surface area contributed by atoms with Crippen LogP contribution in [0.3, 0.4) is 0 Å². The highest BCUT2D eigenvalue weighted by molar-refractivity contribution is 5.77. The molecule has 4 saturated carbocycles. The largest absolute Gasteiger partial charge is 0.481 e. The van der Waals surface area contributed by atoms with E-state index in [0.717, 1.165) is 12.0 Å². The molecule has 0 aromatic carbocycles. The molecule has 0 bridgehead atoms. The van der Waals surface area contributed by atoms with Crippen molar-refractivity contribution >= 4 is 5.97 Å². The van der Waals surface area contributed by atoms with Crippen molar-refractivity contribution < 1.29 is 35.4 Å². The van der Waals surface area contributed by atoms with Gasteiger partial charge in [0.25, 0.3) is 0 Å². The molecule has 0 spiro atoms. The van der Waals surface area contributed by atoms with Crippen LogP contribution in [0.2, 0.25) is 0 Å². The Bertz CT molecular complexity index is 1010. The van der Waals surface area contributed by atoms with Crippen molar-refractivity contribution in [2.75, 3.05) is 6.61 Å². The summed E-state index contributed by atoms with van der Waals surface area (Å²) in [5, 5.41) is 66.1. The first-order valence-electron chi connectivity index (χ1n) is 14.3. The monoisotopic (exact) mass is 520 g/mol. The Kier molecular flexibility index (Phi) is 5.98. The fraction of sp³-hybridized carbons (Fsp3) is 0.900. The number of aliphatic hydroxyl groups is 5. The van der Waals surface area contributed by atoms with Crippen LogP contribution in [0.15, 0.2) is 11.6 Å². The molecule has 0 aliphatic heterocycles. The molecule has 12 atom stereocenters. The lowest BCUT2D eigenvalue weighted by Crippen LogP contribution is -2.73. The summed E-state index contributed by atoms with van der Waals surface area (Å²) >= 11 is 0. The molecular formula is C30H48O7. The topological polar surface area (TPSA) is 138 Å². The van der Waals surface area contributed by atoms with Crippen LogP contribution < -0.4 is 0 Å². The van der Waals surface area contributed by atoms with Gasteiger partial charge in [-0.3, -0.25) is 4.79 Å². The molecule has 5 rings (SSSR count). The van der Waals surface area contributed by atoms with Crippen LogP contribution in [0, 0.1) is 50.2 Å². The summed E-state index contributed by atoms with van der Waals surface area (Å²) in [6, 6.07) is 0. The maximum absolute atomic E-state index is 12.8. The van der Waals surface area contributed by atoms with E-state index in [4.69, 9.17) is 0 Å².